The predicted octanol–water partition coefficient (Wildman–Crippen LogP) is 3.46. The first-order valence-corrected chi connectivity index (χ1v) is 6.46. The minimum absolute atomic E-state index is 0.179. The molecule has 0 unspecified atom stereocenters. The summed E-state index contributed by atoms with van der Waals surface area (Å²) >= 11 is 1.37. The highest BCUT2D eigenvalue weighted by atomic mass is 32.1. The maximum absolute atomic E-state index is 12.1. The SMILES string of the molecule is Cc1sc(N)c(C(=O)OC(C)C)c1-c1ccco1. The molecule has 2 aromatic heterocycles. The Bertz CT molecular complexity index is 555. The van der Waals surface area contributed by atoms with E-state index in [2.05, 4.69) is 0 Å². The second-order valence-corrected chi connectivity index (χ2v) is 5.46. The zero-order valence-corrected chi connectivity index (χ0v) is 11.3. The molecule has 2 aromatic rings. The van der Waals surface area contributed by atoms with Crippen molar-refractivity contribution in [1.82, 2.24) is 0 Å². The molecule has 18 heavy (non-hydrogen) atoms. The molecule has 0 aliphatic carbocycles. The van der Waals surface area contributed by atoms with Crippen molar-refractivity contribution in [3.8, 4) is 11.3 Å². The molecule has 0 saturated heterocycles. The number of nitrogens with two attached hydrogens (primary N) is 1. The summed E-state index contributed by atoms with van der Waals surface area (Å²) < 4.78 is 10.6. The molecule has 4 nitrogen and oxygen atoms in total. The van der Waals surface area contributed by atoms with Gasteiger partial charge in [-0.05, 0) is 32.9 Å². The molecule has 0 spiro atoms. The van der Waals surface area contributed by atoms with Gasteiger partial charge in [-0.25, -0.2) is 4.79 Å². The molecule has 0 aliphatic heterocycles. The van der Waals surface area contributed by atoms with Gasteiger partial charge in [0.25, 0.3) is 0 Å². The molecule has 2 N–H and O–H groups in total. The van der Waals surface area contributed by atoms with Gasteiger partial charge < -0.3 is 14.9 Å². The fraction of sp³-hybridized carbons (Fsp3) is 0.308. The van der Waals surface area contributed by atoms with Gasteiger partial charge in [-0.1, -0.05) is 0 Å². The summed E-state index contributed by atoms with van der Waals surface area (Å²) in [4.78, 5) is 13.0. The Morgan fingerprint density at radius 1 is 1.50 bits per heavy atom. The van der Waals surface area contributed by atoms with Crippen molar-refractivity contribution in [2.24, 2.45) is 0 Å². The first-order valence-electron chi connectivity index (χ1n) is 5.64. The number of furan rings is 1. The van der Waals surface area contributed by atoms with Crippen LogP contribution in [0.2, 0.25) is 0 Å². The third kappa shape index (κ3) is 2.26. The van der Waals surface area contributed by atoms with Crippen LogP contribution in [0, 0.1) is 6.92 Å². The Morgan fingerprint density at radius 2 is 2.22 bits per heavy atom. The van der Waals surface area contributed by atoms with Gasteiger partial charge in [-0.3, -0.25) is 0 Å². The summed E-state index contributed by atoms with van der Waals surface area (Å²) in [5.41, 5.74) is 7.03. The van der Waals surface area contributed by atoms with E-state index < -0.39 is 5.97 Å². The van der Waals surface area contributed by atoms with Gasteiger partial charge in [0.15, 0.2) is 0 Å². The zero-order valence-electron chi connectivity index (χ0n) is 10.5. The van der Waals surface area contributed by atoms with Crippen LogP contribution < -0.4 is 5.73 Å². The van der Waals surface area contributed by atoms with Crippen LogP contribution in [0.5, 0.6) is 0 Å². The molecule has 0 amide bonds. The van der Waals surface area contributed by atoms with Crippen LogP contribution in [-0.2, 0) is 4.74 Å². The summed E-state index contributed by atoms with van der Waals surface area (Å²) in [6.45, 7) is 5.52. The van der Waals surface area contributed by atoms with Crippen LogP contribution in [0.15, 0.2) is 22.8 Å². The Balaban J connectivity index is 2.50. The highest BCUT2D eigenvalue weighted by Crippen LogP contribution is 2.38. The van der Waals surface area contributed by atoms with Gasteiger partial charge in [-0.15, -0.1) is 11.3 Å². The lowest BCUT2D eigenvalue weighted by molar-refractivity contribution is 0.0380. The van der Waals surface area contributed by atoms with Crippen molar-refractivity contribution < 1.29 is 13.9 Å². The Morgan fingerprint density at radius 3 is 2.78 bits per heavy atom. The minimum atomic E-state index is -0.404. The van der Waals surface area contributed by atoms with Crippen molar-refractivity contribution in [2.45, 2.75) is 26.9 Å². The molecule has 0 fully saturated rings. The number of thiophene rings is 1. The fourth-order valence-corrected chi connectivity index (χ4v) is 2.68. The number of hydrogen-bond donors (Lipinski definition) is 1. The van der Waals surface area contributed by atoms with E-state index in [0.29, 0.717) is 16.3 Å². The average Bonchev–Trinajstić information content (AvgIpc) is 2.84. The van der Waals surface area contributed by atoms with Crippen molar-refractivity contribution in [2.75, 3.05) is 5.73 Å². The number of esters is 1. The summed E-state index contributed by atoms with van der Waals surface area (Å²) in [7, 11) is 0. The second-order valence-electron chi connectivity index (χ2n) is 4.20. The van der Waals surface area contributed by atoms with Crippen LogP contribution in [0.3, 0.4) is 0 Å². The molecule has 0 aromatic carbocycles. The van der Waals surface area contributed by atoms with Crippen LogP contribution in [-0.4, -0.2) is 12.1 Å². The van der Waals surface area contributed by atoms with Crippen molar-refractivity contribution in [3.05, 3.63) is 28.8 Å². The lowest BCUT2D eigenvalue weighted by Crippen LogP contribution is -2.13. The van der Waals surface area contributed by atoms with Crippen LogP contribution >= 0.6 is 11.3 Å². The van der Waals surface area contributed by atoms with E-state index in [9.17, 15) is 4.79 Å². The van der Waals surface area contributed by atoms with E-state index in [1.807, 2.05) is 6.92 Å². The molecule has 2 heterocycles. The normalized spacial score (nSPS) is 10.9. The standard InChI is InChI=1S/C13H15NO3S/c1-7(2)17-13(15)11-10(8(3)18-12(11)14)9-5-4-6-16-9/h4-7H,14H2,1-3H3. The zero-order chi connectivity index (χ0) is 13.3. The maximum atomic E-state index is 12.1. The smallest absolute Gasteiger partial charge is 0.342 e. The number of carbonyl (C=O) groups is 1. The molecule has 0 aliphatic rings. The molecule has 0 saturated carbocycles. The maximum Gasteiger partial charge on any atom is 0.342 e. The largest absolute Gasteiger partial charge is 0.464 e. The quantitative estimate of drug-likeness (QED) is 0.863. The van der Waals surface area contributed by atoms with E-state index >= 15 is 0 Å². The van der Waals surface area contributed by atoms with Gasteiger partial charge in [0.2, 0.25) is 0 Å². The molecular formula is C13H15NO3S. The van der Waals surface area contributed by atoms with E-state index in [1.54, 1.807) is 32.2 Å². The van der Waals surface area contributed by atoms with E-state index in [4.69, 9.17) is 14.9 Å². The monoisotopic (exact) mass is 265 g/mol. The first-order chi connectivity index (χ1) is 8.50. The minimum Gasteiger partial charge on any atom is -0.464 e. The number of aryl methyl sites for hydroxylation is 1. The van der Waals surface area contributed by atoms with Gasteiger partial charge in [0.1, 0.15) is 16.3 Å². The molecule has 0 bridgehead atoms. The molecule has 96 valence electrons. The molecule has 0 radical (unpaired) electrons. The third-order valence-electron chi connectivity index (χ3n) is 2.43. The number of carbonyl (C=O) groups excluding carboxylic acids is 1. The number of hydrogen-bond acceptors (Lipinski definition) is 5. The van der Waals surface area contributed by atoms with Crippen molar-refractivity contribution >= 4 is 22.3 Å². The lowest BCUT2D eigenvalue weighted by Gasteiger charge is -2.09. The van der Waals surface area contributed by atoms with Crippen LogP contribution in [0.1, 0.15) is 29.1 Å². The van der Waals surface area contributed by atoms with E-state index in [1.165, 1.54) is 11.3 Å². The van der Waals surface area contributed by atoms with Crippen molar-refractivity contribution in [3.63, 3.8) is 0 Å². The molecular weight excluding hydrogens is 250 g/mol. The Labute approximate surface area is 109 Å². The highest BCUT2D eigenvalue weighted by Gasteiger charge is 2.24. The molecule has 2 rings (SSSR count). The fourth-order valence-electron chi connectivity index (χ4n) is 1.76. The summed E-state index contributed by atoms with van der Waals surface area (Å²) in [5, 5.41) is 0.463. The van der Waals surface area contributed by atoms with Gasteiger partial charge in [0.05, 0.1) is 12.4 Å². The second kappa shape index (κ2) is 4.86. The Kier molecular flexibility index (Phi) is 3.43. The number of nitrogen functional groups attached to an aromatic ring is 1. The van der Waals surface area contributed by atoms with Crippen LogP contribution in [0.25, 0.3) is 11.3 Å². The number of anilines is 1. The van der Waals surface area contributed by atoms with E-state index in [0.717, 1.165) is 10.4 Å². The molecule has 5 heteroatoms. The highest BCUT2D eigenvalue weighted by molar-refractivity contribution is 7.16. The van der Waals surface area contributed by atoms with Crippen molar-refractivity contribution in [1.29, 1.82) is 0 Å². The lowest BCUT2D eigenvalue weighted by atomic mass is 10.1. The number of rotatable bonds is 3. The number of ether oxygens (including phenoxy) is 1. The summed E-state index contributed by atoms with van der Waals surface area (Å²) in [5.74, 6) is 0.231. The summed E-state index contributed by atoms with van der Waals surface area (Å²) in [6.07, 6.45) is 1.39. The molecule has 0 atom stereocenters. The topological polar surface area (TPSA) is 65.5 Å². The third-order valence-corrected chi connectivity index (χ3v) is 3.36. The van der Waals surface area contributed by atoms with Gasteiger partial charge in [0, 0.05) is 10.4 Å². The predicted molar refractivity (Wildman–Crippen MR) is 71.7 cm³/mol. The average molecular weight is 265 g/mol. The van der Waals surface area contributed by atoms with E-state index in [-0.39, 0.29) is 6.10 Å². The van der Waals surface area contributed by atoms with Crippen LogP contribution in [0.4, 0.5) is 5.00 Å². The summed E-state index contributed by atoms with van der Waals surface area (Å²) in [6, 6.07) is 3.58. The van der Waals surface area contributed by atoms with Gasteiger partial charge in [-0.2, -0.15) is 0 Å². The first kappa shape index (κ1) is 12.7. The Hall–Kier alpha value is -1.75. The van der Waals surface area contributed by atoms with Gasteiger partial charge >= 0.3 is 5.97 Å².